The zero-order valence-electron chi connectivity index (χ0n) is 14.0. The zero-order chi connectivity index (χ0) is 16.1. The van der Waals surface area contributed by atoms with Crippen molar-refractivity contribution in [2.45, 2.75) is 38.3 Å². The summed E-state index contributed by atoms with van der Waals surface area (Å²) in [7, 11) is 0. The van der Waals surface area contributed by atoms with E-state index in [2.05, 4.69) is 23.2 Å². The van der Waals surface area contributed by atoms with E-state index in [1.165, 1.54) is 12.8 Å². The summed E-state index contributed by atoms with van der Waals surface area (Å²) < 4.78 is 11.4. The molecule has 1 aromatic rings. The molecule has 0 radical (unpaired) electrons. The van der Waals surface area contributed by atoms with Crippen LogP contribution in [0, 0.1) is 0 Å². The van der Waals surface area contributed by atoms with Crippen molar-refractivity contribution in [1.29, 1.82) is 0 Å². The molecule has 1 aromatic carbocycles. The molecular formula is C18H28N2O3. The van der Waals surface area contributed by atoms with E-state index in [4.69, 9.17) is 9.47 Å². The molecule has 0 spiro atoms. The molecule has 3 rings (SSSR count). The Bertz CT molecular complexity index is 503. The first-order chi connectivity index (χ1) is 11.2. The minimum atomic E-state index is -0.323. The Kier molecular flexibility index (Phi) is 5.75. The molecule has 1 fully saturated rings. The molecule has 0 bridgehead atoms. The van der Waals surface area contributed by atoms with Gasteiger partial charge in [0.05, 0.1) is 19.3 Å². The van der Waals surface area contributed by atoms with E-state index in [0.717, 1.165) is 43.1 Å². The van der Waals surface area contributed by atoms with Crippen LogP contribution in [0.5, 0.6) is 11.5 Å². The second-order valence-corrected chi connectivity index (χ2v) is 6.55. The Labute approximate surface area is 138 Å². The number of ether oxygens (including phenoxy) is 2. The van der Waals surface area contributed by atoms with Gasteiger partial charge in [-0.2, -0.15) is 0 Å². The van der Waals surface area contributed by atoms with Crippen molar-refractivity contribution >= 4 is 0 Å². The highest BCUT2D eigenvalue weighted by atomic mass is 16.5. The largest absolute Gasteiger partial charge is 0.490 e. The van der Waals surface area contributed by atoms with E-state index in [1.807, 2.05) is 12.1 Å². The van der Waals surface area contributed by atoms with Crippen LogP contribution in [0.4, 0.5) is 0 Å². The molecule has 2 aliphatic rings. The monoisotopic (exact) mass is 320 g/mol. The van der Waals surface area contributed by atoms with E-state index in [0.29, 0.717) is 19.8 Å². The SMILES string of the molecule is CC(NCC(O)CN1CCCC1)c1ccc2c(c1)OCCCO2. The van der Waals surface area contributed by atoms with Crippen molar-refractivity contribution in [2.24, 2.45) is 0 Å². The van der Waals surface area contributed by atoms with E-state index >= 15 is 0 Å². The van der Waals surface area contributed by atoms with Crippen LogP contribution >= 0.6 is 0 Å². The normalized spacial score (nSPS) is 21.0. The summed E-state index contributed by atoms with van der Waals surface area (Å²) in [6.07, 6.45) is 3.11. The van der Waals surface area contributed by atoms with E-state index in [9.17, 15) is 5.11 Å². The lowest BCUT2D eigenvalue weighted by Gasteiger charge is -2.22. The maximum atomic E-state index is 10.2. The third-order valence-electron chi connectivity index (χ3n) is 4.60. The van der Waals surface area contributed by atoms with Gasteiger partial charge in [0.15, 0.2) is 11.5 Å². The predicted molar refractivity (Wildman–Crippen MR) is 90.1 cm³/mol. The summed E-state index contributed by atoms with van der Waals surface area (Å²) in [6.45, 7) is 7.13. The highest BCUT2D eigenvalue weighted by Gasteiger charge is 2.17. The summed E-state index contributed by atoms with van der Waals surface area (Å²) in [5.41, 5.74) is 1.16. The molecule has 5 heteroatoms. The first kappa shape index (κ1) is 16.6. The van der Waals surface area contributed by atoms with Gasteiger partial charge in [0.1, 0.15) is 0 Å². The Hall–Kier alpha value is -1.30. The first-order valence-corrected chi connectivity index (χ1v) is 8.76. The molecule has 2 heterocycles. The van der Waals surface area contributed by atoms with E-state index in [1.54, 1.807) is 0 Å². The van der Waals surface area contributed by atoms with Gasteiger partial charge in [-0.1, -0.05) is 6.07 Å². The summed E-state index contributed by atoms with van der Waals surface area (Å²) in [6, 6.07) is 6.26. The first-order valence-electron chi connectivity index (χ1n) is 8.76. The molecule has 0 aliphatic carbocycles. The number of rotatable bonds is 6. The lowest BCUT2D eigenvalue weighted by Crippen LogP contribution is -2.37. The van der Waals surface area contributed by atoms with Gasteiger partial charge < -0.3 is 24.8 Å². The standard InChI is InChI=1S/C18H28N2O3/c1-14(19-12-16(21)13-20-7-2-3-8-20)15-5-6-17-18(11-15)23-10-4-9-22-17/h5-6,11,14,16,19,21H,2-4,7-10,12-13H2,1H3. The lowest BCUT2D eigenvalue weighted by atomic mass is 10.1. The number of nitrogens with zero attached hydrogens (tertiary/aromatic N) is 1. The molecule has 2 N–H and O–H groups in total. The number of aliphatic hydroxyl groups is 1. The summed E-state index contributed by atoms with van der Waals surface area (Å²) in [5, 5.41) is 13.6. The summed E-state index contributed by atoms with van der Waals surface area (Å²) >= 11 is 0. The molecule has 0 aromatic heterocycles. The maximum Gasteiger partial charge on any atom is 0.161 e. The summed E-state index contributed by atoms with van der Waals surface area (Å²) in [4.78, 5) is 2.34. The highest BCUT2D eigenvalue weighted by Crippen LogP contribution is 2.32. The third kappa shape index (κ3) is 4.59. The zero-order valence-corrected chi connectivity index (χ0v) is 14.0. The fraction of sp³-hybridized carbons (Fsp3) is 0.667. The van der Waals surface area contributed by atoms with Gasteiger partial charge in [0.2, 0.25) is 0 Å². The fourth-order valence-corrected chi connectivity index (χ4v) is 3.21. The second kappa shape index (κ2) is 7.99. The molecule has 0 amide bonds. The van der Waals surface area contributed by atoms with Gasteiger partial charge in [-0.25, -0.2) is 0 Å². The summed E-state index contributed by atoms with van der Waals surface area (Å²) in [5.74, 6) is 1.65. The number of hydrogen-bond acceptors (Lipinski definition) is 5. The molecule has 5 nitrogen and oxygen atoms in total. The van der Waals surface area contributed by atoms with Crippen molar-refractivity contribution in [2.75, 3.05) is 39.4 Å². The Balaban J connectivity index is 1.51. The average molecular weight is 320 g/mol. The molecule has 2 unspecified atom stereocenters. The number of nitrogens with one attached hydrogen (secondary N) is 1. The van der Waals surface area contributed by atoms with Crippen LogP contribution in [0.2, 0.25) is 0 Å². The Morgan fingerprint density at radius 3 is 2.65 bits per heavy atom. The van der Waals surface area contributed by atoms with Crippen LogP contribution in [0.15, 0.2) is 18.2 Å². The molecule has 2 atom stereocenters. The minimum absolute atomic E-state index is 0.167. The minimum Gasteiger partial charge on any atom is -0.490 e. The van der Waals surface area contributed by atoms with E-state index < -0.39 is 0 Å². The number of aliphatic hydroxyl groups excluding tert-OH is 1. The lowest BCUT2D eigenvalue weighted by molar-refractivity contribution is 0.121. The number of hydrogen-bond donors (Lipinski definition) is 2. The number of likely N-dealkylation sites (tertiary alicyclic amines) is 1. The van der Waals surface area contributed by atoms with Crippen LogP contribution in [0.3, 0.4) is 0 Å². The van der Waals surface area contributed by atoms with Gasteiger partial charge in [-0.05, 0) is 50.6 Å². The molecule has 128 valence electrons. The molecule has 2 aliphatic heterocycles. The van der Waals surface area contributed by atoms with Crippen LogP contribution in [-0.4, -0.2) is 55.5 Å². The fourth-order valence-electron chi connectivity index (χ4n) is 3.21. The average Bonchev–Trinajstić information content (AvgIpc) is 2.94. The van der Waals surface area contributed by atoms with E-state index in [-0.39, 0.29) is 12.1 Å². The molecular weight excluding hydrogens is 292 g/mol. The third-order valence-corrected chi connectivity index (χ3v) is 4.60. The quantitative estimate of drug-likeness (QED) is 0.839. The van der Waals surface area contributed by atoms with Crippen molar-refractivity contribution < 1.29 is 14.6 Å². The topological polar surface area (TPSA) is 54.0 Å². The van der Waals surface area contributed by atoms with Crippen molar-refractivity contribution in [3.05, 3.63) is 23.8 Å². The van der Waals surface area contributed by atoms with Gasteiger partial charge in [0, 0.05) is 25.6 Å². The smallest absolute Gasteiger partial charge is 0.161 e. The van der Waals surface area contributed by atoms with Gasteiger partial charge >= 0.3 is 0 Å². The second-order valence-electron chi connectivity index (χ2n) is 6.55. The van der Waals surface area contributed by atoms with Crippen LogP contribution < -0.4 is 14.8 Å². The van der Waals surface area contributed by atoms with Gasteiger partial charge in [-0.3, -0.25) is 0 Å². The van der Waals surface area contributed by atoms with Crippen LogP contribution in [0.25, 0.3) is 0 Å². The van der Waals surface area contributed by atoms with Crippen molar-refractivity contribution in [3.63, 3.8) is 0 Å². The van der Waals surface area contributed by atoms with Crippen LogP contribution in [0.1, 0.15) is 37.8 Å². The molecule has 23 heavy (non-hydrogen) atoms. The maximum absolute atomic E-state index is 10.2. The van der Waals surface area contributed by atoms with Crippen molar-refractivity contribution in [1.82, 2.24) is 10.2 Å². The Morgan fingerprint density at radius 1 is 1.13 bits per heavy atom. The Morgan fingerprint density at radius 2 is 1.87 bits per heavy atom. The number of benzene rings is 1. The number of fused-ring (bicyclic) bond motifs is 1. The van der Waals surface area contributed by atoms with Gasteiger partial charge in [0.25, 0.3) is 0 Å². The van der Waals surface area contributed by atoms with Gasteiger partial charge in [-0.15, -0.1) is 0 Å². The molecule has 1 saturated heterocycles. The van der Waals surface area contributed by atoms with Crippen molar-refractivity contribution in [3.8, 4) is 11.5 Å². The van der Waals surface area contributed by atoms with Crippen LogP contribution in [-0.2, 0) is 0 Å². The predicted octanol–water partition coefficient (Wildman–Crippen LogP) is 1.96. The number of β-amino-alcohol motifs (C(OH)–C–C–N with tert-alkyl or cyclic N) is 1. The highest BCUT2D eigenvalue weighted by molar-refractivity contribution is 5.44. The molecule has 0 saturated carbocycles.